The number of benzene rings is 5. The number of nitrogens with one attached hydrogen (secondary N) is 3. The molecule has 0 heterocycles. The lowest BCUT2D eigenvalue weighted by Gasteiger charge is -2.18. The van der Waals surface area contributed by atoms with Gasteiger partial charge in [-0.3, -0.25) is 14.4 Å². The second-order valence-electron chi connectivity index (χ2n) is 9.98. The van der Waals surface area contributed by atoms with Crippen LogP contribution in [-0.2, 0) is 9.59 Å². The number of anilines is 2. The highest BCUT2D eigenvalue weighted by Crippen LogP contribution is 2.38. The smallest absolute Gasteiger partial charge is 0.272 e. The predicted octanol–water partition coefficient (Wildman–Crippen LogP) is 8.23. The second kappa shape index (κ2) is 15.6. The number of carbonyl (C=O) groups is 3. The van der Waals surface area contributed by atoms with Gasteiger partial charge in [0.1, 0.15) is 16.7 Å². The summed E-state index contributed by atoms with van der Waals surface area (Å²) in [6.45, 7) is 0. The van der Waals surface area contributed by atoms with Crippen molar-refractivity contribution in [1.82, 2.24) is 5.32 Å². The molecule has 230 valence electrons. The van der Waals surface area contributed by atoms with Gasteiger partial charge in [0.15, 0.2) is 0 Å². The topological polar surface area (TPSA) is 96.5 Å². The van der Waals surface area contributed by atoms with E-state index in [-0.39, 0.29) is 11.6 Å². The Morgan fingerprint density at radius 2 is 1.43 bits per heavy atom. The molecule has 1 unspecified atom stereocenters. The predicted molar refractivity (Wildman–Crippen MR) is 185 cm³/mol. The molecule has 5 aromatic rings. The van der Waals surface area contributed by atoms with Crippen molar-refractivity contribution in [2.45, 2.75) is 10.1 Å². The number of ether oxygens (including phenoxy) is 1. The normalized spacial score (nSPS) is 11.7. The first-order valence-electron chi connectivity index (χ1n) is 14.3. The Balaban J connectivity index is 1.39. The van der Waals surface area contributed by atoms with E-state index in [0.29, 0.717) is 33.3 Å². The molecule has 0 aliphatic rings. The minimum Gasteiger partial charge on any atom is -0.496 e. The Labute approximate surface area is 276 Å². The third-order valence-electron chi connectivity index (χ3n) is 6.79. The first-order chi connectivity index (χ1) is 22.4. The molecule has 5 aromatic carbocycles. The molecule has 9 heteroatoms. The van der Waals surface area contributed by atoms with Gasteiger partial charge >= 0.3 is 0 Å². The van der Waals surface area contributed by atoms with E-state index >= 15 is 0 Å². The van der Waals surface area contributed by atoms with Gasteiger partial charge < -0.3 is 20.7 Å². The maximum absolute atomic E-state index is 13.7. The molecule has 1 atom stereocenters. The average molecular weight is 648 g/mol. The molecular weight excluding hydrogens is 618 g/mol. The molecule has 5 rings (SSSR count). The fraction of sp³-hybridized carbons (Fsp3) is 0.0541. The molecule has 0 aliphatic carbocycles. The molecule has 0 radical (unpaired) electrons. The number of amides is 3. The molecule has 3 N–H and O–H groups in total. The maximum atomic E-state index is 13.7. The monoisotopic (exact) mass is 647 g/mol. The third kappa shape index (κ3) is 8.44. The van der Waals surface area contributed by atoms with Crippen molar-refractivity contribution < 1.29 is 19.1 Å². The van der Waals surface area contributed by atoms with Crippen LogP contribution in [0.15, 0.2) is 144 Å². The van der Waals surface area contributed by atoms with E-state index in [2.05, 4.69) is 16.0 Å². The fourth-order valence-corrected chi connectivity index (χ4v) is 5.79. The Morgan fingerprint density at radius 1 is 0.761 bits per heavy atom. The number of carbonyl (C=O) groups excluding carboxylic acids is 3. The van der Waals surface area contributed by atoms with Crippen LogP contribution in [0, 0.1) is 0 Å². The van der Waals surface area contributed by atoms with Crippen molar-refractivity contribution in [2.24, 2.45) is 0 Å². The maximum Gasteiger partial charge on any atom is 0.272 e. The molecule has 0 saturated carbocycles. The first kappa shape index (κ1) is 32.1. The highest BCUT2D eigenvalue weighted by atomic mass is 35.5. The van der Waals surface area contributed by atoms with Crippen LogP contribution in [0.4, 0.5) is 11.4 Å². The Kier molecular flexibility index (Phi) is 10.9. The minimum atomic E-state index is -0.616. The molecule has 7 nitrogen and oxygen atoms in total. The SMILES string of the molecule is COc1ccccc1/C=C(/NC(=O)c1ccccc1)C(=O)Nc1cccc(SC(C(=O)Nc2ccccc2Cl)c2ccccc2)c1. The molecule has 0 aliphatic heterocycles. The fourth-order valence-electron chi connectivity index (χ4n) is 4.53. The molecular formula is C37H30ClN3O4S. The Bertz CT molecular complexity index is 1870. The summed E-state index contributed by atoms with van der Waals surface area (Å²) in [5.74, 6) is -0.670. The van der Waals surface area contributed by atoms with Gasteiger partial charge in [-0.25, -0.2) is 0 Å². The van der Waals surface area contributed by atoms with Crippen molar-refractivity contribution in [2.75, 3.05) is 17.7 Å². The van der Waals surface area contributed by atoms with Crippen molar-refractivity contribution >= 4 is 58.5 Å². The minimum absolute atomic E-state index is 0.0256. The Hall–Kier alpha value is -5.31. The van der Waals surface area contributed by atoms with Crippen LogP contribution < -0.4 is 20.7 Å². The average Bonchev–Trinajstić information content (AvgIpc) is 3.09. The van der Waals surface area contributed by atoms with E-state index in [1.165, 1.54) is 18.9 Å². The van der Waals surface area contributed by atoms with Gasteiger partial charge in [0.2, 0.25) is 5.91 Å². The zero-order valence-electron chi connectivity index (χ0n) is 24.8. The molecule has 0 aromatic heterocycles. The van der Waals surface area contributed by atoms with Gasteiger partial charge in [-0.05, 0) is 60.2 Å². The quantitative estimate of drug-likeness (QED) is 0.0991. The summed E-state index contributed by atoms with van der Waals surface area (Å²) in [4.78, 5) is 41.0. The van der Waals surface area contributed by atoms with Gasteiger partial charge in [0, 0.05) is 21.7 Å². The van der Waals surface area contributed by atoms with E-state index in [1.807, 2.05) is 54.6 Å². The lowest BCUT2D eigenvalue weighted by Crippen LogP contribution is -2.30. The van der Waals surface area contributed by atoms with E-state index in [1.54, 1.807) is 84.9 Å². The first-order valence-corrected chi connectivity index (χ1v) is 15.6. The number of thioether (sulfide) groups is 1. The molecule has 0 bridgehead atoms. The van der Waals surface area contributed by atoms with Crippen LogP contribution >= 0.6 is 23.4 Å². The zero-order chi connectivity index (χ0) is 32.3. The van der Waals surface area contributed by atoms with Crippen LogP contribution in [0.25, 0.3) is 6.08 Å². The summed E-state index contributed by atoms with van der Waals surface area (Å²) in [6, 6.07) is 39.5. The van der Waals surface area contributed by atoms with Gasteiger partial charge in [-0.15, -0.1) is 11.8 Å². The van der Waals surface area contributed by atoms with E-state index in [4.69, 9.17) is 16.3 Å². The van der Waals surface area contributed by atoms with E-state index in [0.717, 1.165) is 10.5 Å². The number of hydrogen-bond donors (Lipinski definition) is 3. The zero-order valence-corrected chi connectivity index (χ0v) is 26.3. The highest BCUT2D eigenvalue weighted by molar-refractivity contribution is 8.00. The van der Waals surface area contributed by atoms with Crippen LogP contribution in [-0.4, -0.2) is 24.8 Å². The van der Waals surface area contributed by atoms with Crippen LogP contribution in [0.2, 0.25) is 5.02 Å². The van der Waals surface area contributed by atoms with Crippen LogP contribution in [0.5, 0.6) is 5.75 Å². The Morgan fingerprint density at radius 3 is 2.17 bits per heavy atom. The van der Waals surface area contributed by atoms with Gasteiger partial charge in [-0.1, -0.05) is 96.5 Å². The number of para-hydroxylation sites is 2. The van der Waals surface area contributed by atoms with Crippen LogP contribution in [0.3, 0.4) is 0 Å². The summed E-state index contributed by atoms with van der Waals surface area (Å²) in [5.41, 5.74) is 2.84. The number of rotatable bonds is 11. The standard InChI is InChI=1S/C37H30ClN3O4S/c1-45-33-22-11-8-17-27(33)23-32(41-35(42)26-15-6-3-7-16-26)36(43)39-28-18-12-19-29(24-28)46-34(25-13-4-2-5-14-25)37(44)40-31-21-10-9-20-30(31)38/h2-24,34H,1H3,(H,39,43)(H,40,44)(H,41,42)/b32-23+. The molecule has 46 heavy (non-hydrogen) atoms. The number of methoxy groups -OCH3 is 1. The number of halogens is 1. The highest BCUT2D eigenvalue weighted by Gasteiger charge is 2.23. The van der Waals surface area contributed by atoms with Crippen molar-refractivity contribution in [3.63, 3.8) is 0 Å². The van der Waals surface area contributed by atoms with Gasteiger partial charge in [0.25, 0.3) is 11.8 Å². The molecule has 0 spiro atoms. The summed E-state index contributed by atoms with van der Waals surface area (Å²) in [5, 5.41) is 8.40. The summed E-state index contributed by atoms with van der Waals surface area (Å²) in [7, 11) is 1.54. The van der Waals surface area contributed by atoms with E-state index in [9.17, 15) is 14.4 Å². The second-order valence-corrected chi connectivity index (χ2v) is 11.6. The van der Waals surface area contributed by atoms with Crippen molar-refractivity contribution in [3.8, 4) is 5.75 Å². The molecule has 0 fully saturated rings. The number of hydrogen-bond acceptors (Lipinski definition) is 5. The van der Waals surface area contributed by atoms with Crippen LogP contribution in [0.1, 0.15) is 26.7 Å². The molecule has 3 amide bonds. The summed E-state index contributed by atoms with van der Waals surface area (Å²) in [6.07, 6.45) is 1.57. The van der Waals surface area contributed by atoms with E-state index < -0.39 is 17.1 Å². The third-order valence-corrected chi connectivity index (χ3v) is 8.36. The lowest BCUT2D eigenvalue weighted by atomic mass is 10.1. The van der Waals surface area contributed by atoms with Crippen molar-refractivity contribution in [3.05, 3.63) is 161 Å². The largest absolute Gasteiger partial charge is 0.496 e. The summed E-state index contributed by atoms with van der Waals surface area (Å²) < 4.78 is 5.45. The summed E-state index contributed by atoms with van der Waals surface area (Å²) >= 11 is 7.64. The van der Waals surface area contributed by atoms with Gasteiger partial charge in [0.05, 0.1) is 17.8 Å². The molecule has 0 saturated heterocycles. The van der Waals surface area contributed by atoms with Crippen molar-refractivity contribution in [1.29, 1.82) is 0 Å². The lowest BCUT2D eigenvalue weighted by molar-refractivity contribution is -0.116. The van der Waals surface area contributed by atoms with Gasteiger partial charge in [-0.2, -0.15) is 0 Å².